The van der Waals surface area contributed by atoms with Gasteiger partial charge < -0.3 is 9.64 Å². The molecular formula is C21H19ClN2O3S. The van der Waals surface area contributed by atoms with Gasteiger partial charge in [-0.1, -0.05) is 47.6 Å². The Hall–Kier alpha value is -2.28. The van der Waals surface area contributed by atoms with E-state index in [1.807, 2.05) is 48.5 Å². The average Bonchev–Trinajstić information content (AvgIpc) is 2.71. The van der Waals surface area contributed by atoms with Crippen LogP contribution < -0.4 is 4.90 Å². The summed E-state index contributed by atoms with van der Waals surface area (Å²) < 4.78 is 5.31. The Morgan fingerprint density at radius 1 is 1.14 bits per heavy atom. The summed E-state index contributed by atoms with van der Waals surface area (Å²) in [4.78, 5) is 30.8. The number of hydrogen-bond acceptors (Lipinski definition) is 4. The molecule has 7 heteroatoms. The SMILES string of the molecule is O=C(CN1C(=O)/C(=C\c2cccc(Cl)c2)Sc2ccccc21)N1CCOCC1. The molecule has 144 valence electrons. The van der Waals surface area contributed by atoms with Crippen molar-refractivity contribution in [2.45, 2.75) is 4.90 Å². The molecular weight excluding hydrogens is 396 g/mol. The lowest BCUT2D eigenvalue weighted by molar-refractivity contribution is -0.134. The second-order valence-electron chi connectivity index (χ2n) is 6.52. The zero-order valence-corrected chi connectivity index (χ0v) is 16.7. The molecule has 2 aromatic carbocycles. The molecule has 5 nitrogen and oxygen atoms in total. The van der Waals surface area contributed by atoms with E-state index in [0.29, 0.717) is 36.2 Å². The first-order chi connectivity index (χ1) is 13.6. The summed E-state index contributed by atoms with van der Waals surface area (Å²) in [6.07, 6.45) is 1.82. The second-order valence-corrected chi connectivity index (χ2v) is 8.04. The van der Waals surface area contributed by atoms with Gasteiger partial charge in [0.1, 0.15) is 6.54 Å². The fourth-order valence-corrected chi connectivity index (χ4v) is 4.47. The van der Waals surface area contributed by atoms with Crippen molar-refractivity contribution in [1.82, 2.24) is 4.90 Å². The Kier molecular flexibility index (Phi) is 5.71. The molecule has 0 aromatic heterocycles. The van der Waals surface area contributed by atoms with E-state index < -0.39 is 0 Å². The molecule has 0 radical (unpaired) electrons. The molecule has 2 aliphatic rings. The number of halogens is 1. The highest BCUT2D eigenvalue weighted by Crippen LogP contribution is 2.42. The van der Waals surface area contributed by atoms with Crippen LogP contribution in [-0.2, 0) is 14.3 Å². The monoisotopic (exact) mass is 414 g/mol. The minimum Gasteiger partial charge on any atom is -0.378 e. The molecule has 2 heterocycles. The number of anilines is 1. The summed E-state index contributed by atoms with van der Waals surface area (Å²) >= 11 is 7.49. The maximum absolute atomic E-state index is 13.2. The van der Waals surface area contributed by atoms with Gasteiger partial charge in [-0.2, -0.15) is 0 Å². The minimum absolute atomic E-state index is 0.0172. The topological polar surface area (TPSA) is 49.9 Å². The van der Waals surface area contributed by atoms with Crippen LogP contribution in [0.2, 0.25) is 5.02 Å². The summed E-state index contributed by atoms with van der Waals surface area (Å²) in [6.45, 7) is 2.20. The standard InChI is InChI=1S/C21H19ClN2O3S/c22-16-5-3-4-15(12-16)13-19-21(26)24(17-6-1-2-7-18(17)28-19)14-20(25)23-8-10-27-11-9-23/h1-7,12-13H,8-11,14H2/b19-13+. The quantitative estimate of drug-likeness (QED) is 0.719. The number of carbonyl (C=O) groups is 2. The summed E-state index contributed by atoms with van der Waals surface area (Å²) in [5.74, 6) is -0.245. The van der Waals surface area contributed by atoms with Crippen LogP contribution in [0.3, 0.4) is 0 Å². The van der Waals surface area contributed by atoms with E-state index in [1.165, 1.54) is 11.8 Å². The molecule has 0 unspecified atom stereocenters. The molecule has 4 rings (SSSR count). The number of fused-ring (bicyclic) bond motifs is 1. The third kappa shape index (κ3) is 4.09. The van der Waals surface area contributed by atoms with Crippen LogP contribution in [-0.4, -0.2) is 49.6 Å². The normalized spacial score (nSPS) is 18.3. The molecule has 0 aliphatic carbocycles. The maximum atomic E-state index is 13.2. The lowest BCUT2D eigenvalue weighted by Crippen LogP contribution is -2.48. The van der Waals surface area contributed by atoms with Gasteiger partial charge in [0.2, 0.25) is 5.91 Å². The molecule has 0 atom stereocenters. The van der Waals surface area contributed by atoms with Crippen molar-refractivity contribution in [2.24, 2.45) is 0 Å². The summed E-state index contributed by atoms with van der Waals surface area (Å²) in [6, 6.07) is 15.0. The summed E-state index contributed by atoms with van der Waals surface area (Å²) in [5, 5.41) is 0.613. The van der Waals surface area contributed by atoms with Gasteiger partial charge in [0.25, 0.3) is 5.91 Å². The minimum atomic E-state index is -0.176. The third-order valence-corrected chi connectivity index (χ3v) is 5.95. The van der Waals surface area contributed by atoms with Gasteiger partial charge in [-0.15, -0.1) is 0 Å². The van der Waals surface area contributed by atoms with Crippen LogP contribution in [0.1, 0.15) is 5.56 Å². The fraction of sp³-hybridized carbons (Fsp3) is 0.238. The largest absolute Gasteiger partial charge is 0.378 e. The molecule has 1 fully saturated rings. The Morgan fingerprint density at radius 2 is 1.93 bits per heavy atom. The summed E-state index contributed by atoms with van der Waals surface area (Å²) in [5.41, 5.74) is 1.62. The number of carbonyl (C=O) groups excluding carboxylic acids is 2. The fourth-order valence-electron chi connectivity index (χ4n) is 3.21. The maximum Gasteiger partial charge on any atom is 0.265 e. The number of nitrogens with zero attached hydrogens (tertiary/aromatic N) is 2. The van der Waals surface area contributed by atoms with Gasteiger partial charge >= 0.3 is 0 Å². The number of morpholine rings is 1. The molecule has 28 heavy (non-hydrogen) atoms. The highest BCUT2D eigenvalue weighted by Gasteiger charge is 2.31. The van der Waals surface area contributed by atoms with Crippen LogP contribution in [0.4, 0.5) is 5.69 Å². The van der Waals surface area contributed by atoms with Crippen LogP contribution in [0.25, 0.3) is 6.08 Å². The zero-order chi connectivity index (χ0) is 19.5. The number of amides is 2. The highest BCUT2D eigenvalue weighted by molar-refractivity contribution is 8.04. The molecule has 0 N–H and O–H groups in total. The Labute approximate surface area is 172 Å². The molecule has 2 aromatic rings. The highest BCUT2D eigenvalue weighted by atomic mass is 35.5. The van der Waals surface area contributed by atoms with E-state index in [1.54, 1.807) is 15.9 Å². The lowest BCUT2D eigenvalue weighted by Gasteiger charge is -2.33. The number of rotatable bonds is 3. The van der Waals surface area contributed by atoms with Gasteiger partial charge in [0, 0.05) is 23.0 Å². The van der Waals surface area contributed by atoms with Gasteiger partial charge in [-0.05, 0) is 35.9 Å². The average molecular weight is 415 g/mol. The molecule has 0 spiro atoms. The van der Waals surface area contributed by atoms with E-state index in [-0.39, 0.29) is 18.4 Å². The van der Waals surface area contributed by atoms with E-state index in [2.05, 4.69) is 0 Å². The molecule has 2 amide bonds. The number of benzene rings is 2. The number of para-hydroxylation sites is 1. The number of ether oxygens (including phenoxy) is 1. The van der Waals surface area contributed by atoms with Crippen LogP contribution in [0.15, 0.2) is 58.3 Å². The first-order valence-corrected chi connectivity index (χ1v) is 10.2. The van der Waals surface area contributed by atoms with Crippen molar-refractivity contribution in [3.63, 3.8) is 0 Å². The van der Waals surface area contributed by atoms with Crippen molar-refractivity contribution >= 4 is 46.9 Å². The van der Waals surface area contributed by atoms with Crippen LogP contribution >= 0.6 is 23.4 Å². The van der Waals surface area contributed by atoms with Crippen molar-refractivity contribution in [3.8, 4) is 0 Å². The van der Waals surface area contributed by atoms with Gasteiger partial charge in [-0.25, -0.2) is 0 Å². The van der Waals surface area contributed by atoms with Crippen molar-refractivity contribution in [2.75, 3.05) is 37.7 Å². The van der Waals surface area contributed by atoms with E-state index in [4.69, 9.17) is 16.3 Å². The van der Waals surface area contributed by atoms with E-state index in [0.717, 1.165) is 16.1 Å². The second kappa shape index (κ2) is 8.39. The smallest absolute Gasteiger partial charge is 0.265 e. The molecule has 1 saturated heterocycles. The van der Waals surface area contributed by atoms with E-state index >= 15 is 0 Å². The first kappa shape index (κ1) is 19.1. The Balaban J connectivity index is 1.64. The summed E-state index contributed by atoms with van der Waals surface area (Å²) in [7, 11) is 0. The zero-order valence-electron chi connectivity index (χ0n) is 15.1. The van der Waals surface area contributed by atoms with Crippen molar-refractivity contribution in [3.05, 3.63) is 64.0 Å². The van der Waals surface area contributed by atoms with Gasteiger partial charge in [-0.3, -0.25) is 14.5 Å². The Bertz CT molecular complexity index is 941. The third-order valence-electron chi connectivity index (χ3n) is 4.64. The van der Waals surface area contributed by atoms with Gasteiger partial charge in [0.05, 0.1) is 23.8 Å². The molecule has 0 saturated carbocycles. The lowest BCUT2D eigenvalue weighted by atomic mass is 10.2. The van der Waals surface area contributed by atoms with Crippen LogP contribution in [0.5, 0.6) is 0 Å². The number of hydrogen-bond donors (Lipinski definition) is 0. The Morgan fingerprint density at radius 3 is 2.71 bits per heavy atom. The van der Waals surface area contributed by atoms with E-state index in [9.17, 15) is 9.59 Å². The van der Waals surface area contributed by atoms with Gasteiger partial charge in [0.15, 0.2) is 0 Å². The van der Waals surface area contributed by atoms with Crippen molar-refractivity contribution in [1.29, 1.82) is 0 Å². The van der Waals surface area contributed by atoms with Crippen LogP contribution in [0, 0.1) is 0 Å². The number of thioether (sulfide) groups is 1. The van der Waals surface area contributed by atoms with Crippen molar-refractivity contribution < 1.29 is 14.3 Å². The predicted octanol–water partition coefficient (Wildman–Crippen LogP) is 3.68. The predicted molar refractivity (Wildman–Crippen MR) is 111 cm³/mol. The molecule has 2 aliphatic heterocycles. The first-order valence-electron chi connectivity index (χ1n) is 9.03. The molecule has 0 bridgehead atoms.